The van der Waals surface area contributed by atoms with Gasteiger partial charge in [-0.25, -0.2) is 0 Å². The average molecular weight is 285 g/mol. The molecule has 1 aromatic carbocycles. The summed E-state index contributed by atoms with van der Waals surface area (Å²) in [6.07, 6.45) is 0.883. The molecule has 4 heteroatoms. The first kappa shape index (κ1) is 15.3. The molecule has 0 aliphatic rings. The second-order valence-electron chi connectivity index (χ2n) is 5.69. The van der Waals surface area contributed by atoms with Gasteiger partial charge in [-0.2, -0.15) is 0 Å². The molecule has 21 heavy (non-hydrogen) atoms. The molecule has 4 N–H and O–H groups in total. The number of aromatic nitrogens is 1. The molecule has 1 amide bonds. The quantitative estimate of drug-likeness (QED) is 0.763. The van der Waals surface area contributed by atoms with E-state index in [1.165, 1.54) is 0 Å². The SMILES string of the molecule is CC(C)CC(CN)NC(=O)c1ccc(-c2ccccc2)[nH]1. The molecule has 0 spiro atoms. The normalized spacial score (nSPS) is 12.4. The molecular weight excluding hydrogens is 262 g/mol. The second-order valence-corrected chi connectivity index (χ2v) is 5.69. The van der Waals surface area contributed by atoms with Crippen LogP contribution in [0.3, 0.4) is 0 Å². The van der Waals surface area contributed by atoms with E-state index in [9.17, 15) is 4.79 Å². The minimum Gasteiger partial charge on any atom is -0.351 e. The van der Waals surface area contributed by atoms with E-state index in [4.69, 9.17) is 5.73 Å². The molecule has 2 aromatic rings. The molecular formula is C17H23N3O. The molecule has 0 radical (unpaired) electrons. The van der Waals surface area contributed by atoms with E-state index in [-0.39, 0.29) is 11.9 Å². The molecule has 1 atom stereocenters. The van der Waals surface area contributed by atoms with Crippen molar-refractivity contribution in [1.29, 1.82) is 0 Å². The maximum atomic E-state index is 12.2. The van der Waals surface area contributed by atoms with Crippen molar-refractivity contribution in [2.75, 3.05) is 6.54 Å². The summed E-state index contributed by atoms with van der Waals surface area (Å²) < 4.78 is 0. The summed E-state index contributed by atoms with van der Waals surface area (Å²) in [5, 5.41) is 2.98. The Kier molecular flexibility index (Phi) is 5.17. The fourth-order valence-corrected chi connectivity index (χ4v) is 2.36. The van der Waals surface area contributed by atoms with E-state index in [0.29, 0.717) is 18.2 Å². The predicted molar refractivity (Wildman–Crippen MR) is 86.0 cm³/mol. The van der Waals surface area contributed by atoms with Gasteiger partial charge in [-0.1, -0.05) is 44.2 Å². The van der Waals surface area contributed by atoms with Crippen molar-refractivity contribution >= 4 is 5.91 Å². The van der Waals surface area contributed by atoms with Crippen LogP contribution in [0.4, 0.5) is 0 Å². The fourth-order valence-electron chi connectivity index (χ4n) is 2.36. The fraction of sp³-hybridized carbons (Fsp3) is 0.353. The molecule has 2 rings (SSSR count). The van der Waals surface area contributed by atoms with E-state index in [1.807, 2.05) is 36.4 Å². The van der Waals surface area contributed by atoms with Gasteiger partial charge in [0.15, 0.2) is 0 Å². The summed E-state index contributed by atoms with van der Waals surface area (Å²) in [5.41, 5.74) is 8.29. The molecule has 0 saturated carbocycles. The number of nitrogens with two attached hydrogens (primary N) is 1. The number of carbonyl (C=O) groups is 1. The summed E-state index contributed by atoms with van der Waals surface area (Å²) >= 11 is 0. The lowest BCUT2D eigenvalue weighted by molar-refractivity contribution is 0.0929. The highest BCUT2D eigenvalue weighted by Gasteiger charge is 2.15. The Bertz CT molecular complexity index is 575. The van der Waals surface area contributed by atoms with Gasteiger partial charge in [0.2, 0.25) is 0 Å². The summed E-state index contributed by atoms with van der Waals surface area (Å²) in [6.45, 7) is 4.70. The zero-order chi connectivity index (χ0) is 15.2. The van der Waals surface area contributed by atoms with Gasteiger partial charge >= 0.3 is 0 Å². The number of amides is 1. The molecule has 1 heterocycles. The zero-order valence-electron chi connectivity index (χ0n) is 12.6. The highest BCUT2D eigenvalue weighted by molar-refractivity contribution is 5.93. The second kappa shape index (κ2) is 7.09. The Morgan fingerprint density at radius 2 is 1.90 bits per heavy atom. The third-order valence-corrected chi connectivity index (χ3v) is 3.39. The van der Waals surface area contributed by atoms with Crippen LogP contribution < -0.4 is 11.1 Å². The summed E-state index contributed by atoms with van der Waals surface area (Å²) in [4.78, 5) is 15.4. The molecule has 0 bridgehead atoms. The van der Waals surface area contributed by atoms with Gasteiger partial charge in [-0.3, -0.25) is 4.79 Å². The van der Waals surface area contributed by atoms with Gasteiger partial charge in [0.1, 0.15) is 5.69 Å². The number of rotatable bonds is 6. The number of nitrogens with one attached hydrogen (secondary N) is 2. The Labute approximate surface area is 125 Å². The lowest BCUT2D eigenvalue weighted by Crippen LogP contribution is -2.41. The zero-order valence-corrected chi connectivity index (χ0v) is 12.6. The van der Waals surface area contributed by atoms with Crippen LogP contribution in [-0.2, 0) is 0 Å². The van der Waals surface area contributed by atoms with Crippen LogP contribution >= 0.6 is 0 Å². The van der Waals surface area contributed by atoms with Gasteiger partial charge in [0, 0.05) is 18.3 Å². The van der Waals surface area contributed by atoms with E-state index in [2.05, 4.69) is 24.1 Å². The van der Waals surface area contributed by atoms with Crippen LogP contribution in [0.2, 0.25) is 0 Å². The number of hydrogen-bond donors (Lipinski definition) is 3. The highest BCUT2D eigenvalue weighted by Crippen LogP contribution is 2.18. The summed E-state index contributed by atoms with van der Waals surface area (Å²) in [5.74, 6) is 0.399. The summed E-state index contributed by atoms with van der Waals surface area (Å²) in [7, 11) is 0. The molecule has 112 valence electrons. The van der Waals surface area contributed by atoms with E-state index < -0.39 is 0 Å². The van der Waals surface area contributed by atoms with Crippen molar-refractivity contribution in [2.45, 2.75) is 26.3 Å². The van der Waals surface area contributed by atoms with Crippen molar-refractivity contribution in [3.63, 3.8) is 0 Å². The van der Waals surface area contributed by atoms with Crippen molar-refractivity contribution in [3.8, 4) is 11.3 Å². The first-order valence-electron chi connectivity index (χ1n) is 7.35. The molecule has 0 aliphatic carbocycles. The molecule has 0 aliphatic heterocycles. The first-order valence-corrected chi connectivity index (χ1v) is 7.35. The van der Waals surface area contributed by atoms with E-state index in [0.717, 1.165) is 17.7 Å². The Morgan fingerprint density at radius 1 is 1.19 bits per heavy atom. The van der Waals surface area contributed by atoms with Crippen LogP contribution in [0, 0.1) is 5.92 Å². The monoisotopic (exact) mass is 285 g/mol. The van der Waals surface area contributed by atoms with Gasteiger partial charge in [0.25, 0.3) is 5.91 Å². The van der Waals surface area contributed by atoms with Crippen molar-refractivity contribution in [3.05, 3.63) is 48.2 Å². The number of benzene rings is 1. The average Bonchev–Trinajstić information content (AvgIpc) is 2.97. The smallest absolute Gasteiger partial charge is 0.267 e. The maximum absolute atomic E-state index is 12.2. The van der Waals surface area contributed by atoms with E-state index >= 15 is 0 Å². The lowest BCUT2D eigenvalue weighted by Gasteiger charge is -2.18. The molecule has 4 nitrogen and oxygen atoms in total. The minimum absolute atomic E-state index is 0.0148. The van der Waals surface area contributed by atoms with Gasteiger partial charge in [-0.05, 0) is 30.0 Å². The van der Waals surface area contributed by atoms with Crippen molar-refractivity contribution < 1.29 is 4.79 Å². The predicted octanol–water partition coefficient (Wildman–Crippen LogP) is 2.78. The molecule has 1 unspecified atom stereocenters. The minimum atomic E-state index is -0.103. The van der Waals surface area contributed by atoms with E-state index in [1.54, 1.807) is 6.07 Å². The van der Waals surface area contributed by atoms with Crippen molar-refractivity contribution in [2.24, 2.45) is 11.7 Å². The van der Waals surface area contributed by atoms with Crippen molar-refractivity contribution in [1.82, 2.24) is 10.3 Å². The molecule has 1 aromatic heterocycles. The van der Waals surface area contributed by atoms with Crippen LogP contribution in [0.5, 0.6) is 0 Å². The highest BCUT2D eigenvalue weighted by atomic mass is 16.1. The Balaban J connectivity index is 2.05. The van der Waals surface area contributed by atoms with Crippen LogP contribution in [0.25, 0.3) is 11.3 Å². The largest absolute Gasteiger partial charge is 0.351 e. The van der Waals surface area contributed by atoms with Gasteiger partial charge in [-0.15, -0.1) is 0 Å². The lowest BCUT2D eigenvalue weighted by atomic mass is 10.0. The third-order valence-electron chi connectivity index (χ3n) is 3.39. The third kappa shape index (κ3) is 4.20. The van der Waals surface area contributed by atoms with Gasteiger partial charge < -0.3 is 16.0 Å². The van der Waals surface area contributed by atoms with Crippen LogP contribution in [0.15, 0.2) is 42.5 Å². The maximum Gasteiger partial charge on any atom is 0.267 e. The molecule has 0 saturated heterocycles. The standard InChI is InChI=1S/C17H23N3O/c1-12(2)10-14(11-18)19-17(21)16-9-8-15(20-16)13-6-4-3-5-7-13/h3-9,12,14,20H,10-11,18H2,1-2H3,(H,19,21). The number of carbonyl (C=O) groups excluding carboxylic acids is 1. The van der Waals surface area contributed by atoms with Gasteiger partial charge in [0.05, 0.1) is 0 Å². The first-order chi connectivity index (χ1) is 10.1. The number of hydrogen-bond acceptors (Lipinski definition) is 2. The topological polar surface area (TPSA) is 70.9 Å². The van der Waals surface area contributed by atoms with Crippen LogP contribution in [-0.4, -0.2) is 23.5 Å². The number of H-pyrrole nitrogens is 1. The Hall–Kier alpha value is -2.07. The molecule has 0 fully saturated rings. The van der Waals surface area contributed by atoms with Crippen LogP contribution in [0.1, 0.15) is 30.8 Å². The summed E-state index contributed by atoms with van der Waals surface area (Å²) in [6, 6.07) is 13.7. The Morgan fingerprint density at radius 3 is 2.52 bits per heavy atom. The number of aromatic amines is 1.